The monoisotopic (exact) mass is 429 g/mol. The molecule has 130 valence electrons. The lowest BCUT2D eigenvalue weighted by Gasteiger charge is -2.10. The maximum absolute atomic E-state index is 12.4. The number of para-hydroxylation sites is 1. The third kappa shape index (κ3) is 2.62. The molecule has 26 heavy (non-hydrogen) atoms. The van der Waals surface area contributed by atoms with E-state index in [4.69, 9.17) is 0 Å². The van der Waals surface area contributed by atoms with Gasteiger partial charge >= 0.3 is 0 Å². The molecule has 0 saturated carbocycles. The smallest absolute Gasteiger partial charge is 0.268 e. The number of imide groups is 1. The Balaban J connectivity index is 1.66. The Bertz CT molecular complexity index is 1130. The van der Waals surface area contributed by atoms with Crippen LogP contribution in [-0.4, -0.2) is 33.7 Å². The van der Waals surface area contributed by atoms with Gasteiger partial charge in [0.1, 0.15) is 6.54 Å². The number of carbonyl (C=O) groups excluding carboxylic acids is 3. The van der Waals surface area contributed by atoms with E-state index in [0.717, 1.165) is 19.6 Å². The summed E-state index contributed by atoms with van der Waals surface area (Å²) in [7, 11) is 1.82. The van der Waals surface area contributed by atoms with Crippen LogP contribution in [0.3, 0.4) is 0 Å². The van der Waals surface area contributed by atoms with Crippen LogP contribution in [-0.2, 0) is 11.8 Å². The van der Waals surface area contributed by atoms with E-state index in [1.807, 2.05) is 29.8 Å². The van der Waals surface area contributed by atoms with Crippen LogP contribution in [0.5, 0.6) is 0 Å². The predicted molar refractivity (Wildman–Crippen MR) is 101 cm³/mol. The van der Waals surface area contributed by atoms with Gasteiger partial charge in [-0.2, -0.15) is 4.99 Å². The summed E-state index contributed by atoms with van der Waals surface area (Å²) in [4.78, 5) is 42.7. The summed E-state index contributed by atoms with van der Waals surface area (Å²) in [6.45, 7) is -0.373. The standard InChI is InChI=1S/C18H12BrN3O3S/c1-21-15-12(19)7-4-8-13(15)26-18(21)20-14(23)9-22-16(24)10-5-2-3-6-11(10)17(22)25/h2-8H,9H2,1H3. The Labute approximate surface area is 160 Å². The molecule has 0 saturated heterocycles. The van der Waals surface area contributed by atoms with Crippen LogP contribution in [0, 0.1) is 0 Å². The van der Waals surface area contributed by atoms with Gasteiger partial charge < -0.3 is 4.57 Å². The van der Waals surface area contributed by atoms with Gasteiger partial charge in [0, 0.05) is 11.5 Å². The first-order valence-corrected chi connectivity index (χ1v) is 9.35. The Kier molecular flexibility index (Phi) is 4.08. The lowest BCUT2D eigenvalue weighted by molar-refractivity contribution is -0.118. The summed E-state index contributed by atoms with van der Waals surface area (Å²) in [5.74, 6) is -1.46. The molecule has 0 radical (unpaired) electrons. The molecule has 1 aromatic heterocycles. The highest BCUT2D eigenvalue weighted by Crippen LogP contribution is 2.25. The van der Waals surface area contributed by atoms with Crippen LogP contribution in [0.2, 0.25) is 0 Å². The van der Waals surface area contributed by atoms with Crippen molar-refractivity contribution in [3.63, 3.8) is 0 Å². The van der Waals surface area contributed by atoms with E-state index < -0.39 is 17.7 Å². The Morgan fingerprint density at radius 1 is 1.08 bits per heavy atom. The van der Waals surface area contributed by atoms with Crippen molar-refractivity contribution < 1.29 is 14.4 Å². The zero-order valence-corrected chi connectivity index (χ0v) is 16.0. The van der Waals surface area contributed by atoms with E-state index in [0.29, 0.717) is 15.9 Å². The first kappa shape index (κ1) is 16.9. The topological polar surface area (TPSA) is 71.7 Å². The number of fused-ring (bicyclic) bond motifs is 2. The molecule has 3 aromatic rings. The largest absolute Gasteiger partial charge is 0.318 e. The van der Waals surface area contributed by atoms with Gasteiger partial charge in [0.05, 0.1) is 21.3 Å². The molecule has 2 heterocycles. The van der Waals surface area contributed by atoms with E-state index in [-0.39, 0.29) is 6.54 Å². The molecule has 0 bridgehead atoms. The van der Waals surface area contributed by atoms with E-state index in [9.17, 15) is 14.4 Å². The maximum atomic E-state index is 12.4. The molecule has 2 aromatic carbocycles. The van der Waals surface area contributed by atoms with E-state index in [2.05, 4.69) is 20.9 Å². The highest BCUT2D eigenvalue weighted by Gasteiger charge is 2.36. The van der Waals surface area contributed by atoms with Gasteiger partial charge in [0.2, 0.25) is 0 Å². The van der Waals surface area contributed by atoms with E-state index >= 15 is 0 Å². The van der Waals surface area contributed by atoms with Crippen molar-refractivity contribution in [2.75, 3.05) is 6.54 Å². The van der Waals surface area contributed by atoms with Crippen LogP contribution in [0.15, 0.2) is 51.9 Å². The Morgan fingerprint density at radius 2 is 1.73 bits per heavy atom. The number of nitrogens with zero attached hydrogens (tertiary/aromatic N) is 3. The van der Waals surface area contributed by atoms with Crippen molar-refractivity contribution in [2.45, 2.75) is 0 Å². The lowest BCUT2D eigenvalue weighted by Crippen LogP contribution is -2.35. The number of benzene rings is 2. The normalized spacial score (nSPS) is 14.4. The summed E-state index contributed by atoms with van der Waals surface area (Å²) in [5, 5.41) is 0. The van der Waals surface area contributed by atoms with E-state index in [1.54, 1.807) is 24.3 Å². The van der Waals surface area contributed by atoms with Crippen molar-refractivity contribution in [1.82, 2.24) is 9.47 Å². The minimum absolute atomic E-state index is 0.321. The van der Waals surface area contributed by atoms with Crippen molar-refractivity contribution in [2.24, 2.45) is 12.0 Å². The highest BCUT2D eigenvalue weighted by molar-refractivity contribution is 9.10. The van der Waals surface area contributed by atoms with Gasteiger partial charge in [-0.25, -0.2) is 0 Å². The highest BCUT2D eigenvalue weighted by atomic mass is 79.9. The summed E-state index contributed by atoms with van der Waals surface area (Å²) in [6, 6.07) is 12.3. The summed E-state index contributed by atoms with van der Waals surface area (Å²) < 4.78 is 3.70. The first-order valence-electron chi connectivity index (χ1n) is 7.74. The van der Waals surface area contributed by atoms with Gasteiger partial charge in [-0.05, 0) is 40.2 Å². The average Bonchev–Trinajstić information content (AvgIpc) is 3.06. The van der Waals surface area contributed by atoms with Crippen molar-refractivity contribution in [1.29, 1.82) is 0 Å². The molecule has 0 N–H and O–H groups in total. The number of hydrogen-bond donors (Lipinski definition) is 0. The molecule has 0 atom stereocenters. The molecule has 1 aliphatic rings. The van der Waals surface area contributed by atoms with Gasteiger partial charge in [-0.3, -0.25) is 19.3 Å². The molecule has 3 amide bonds. The Hall–Kier alpha value is -2.58. The average molecular weight is 430 g/mol. The molecule has 1 aliphatic heterocycles. The zero-order chi connectivity index (χ0) is 18.4. The van der Waals surface area contributed by atoms with Crippen molar-refractivity contribution in [3.05, 3.63) is 62.9 Å². The number of aromatic nitrogens is 1. The minimum atomic E-state index is -0.544. The van der Waals surface area contributed by atoms with Crippen LogP contribution in [0.1, 0.15) is 20.7 Å². The number of hydrogen-bond acceptors (Lipinski definition) is 4. The van der Waals surface area contributed by atoms with Gasteiger partial charge in [0.15, 0.2) is 4.80 Å². The molecule has 0 spiro atoms. The maximum Gasteiger partial charge on any atom is 0.268 e. The first-order chi connectivity index (χ1) is 12.5. The van der Waals surface area contributed by atoms with Crippen LogP contribution in [0.4, 0.5) is 0 Å². The fourth-order valence-electron chi connectivity index (χ4n) is 2.92. The second kappa shape index (κ2) is 6.30. The van der Waals surface area contributed by atoms with Crippen LogP contribution < -0.4 is 4.80 Å². The fourth-order valence-corrected chi connectivity index (χ4v) is 4.75. The Morgan fingerprint density at radius 3 is 2.35 bits per heavy atom. The van der Waals surface area contributed by atoms with Gasteiger partial charge in [-0.1, -0.05) is 29.5 Å². The zero-order valence-electron chi connectivity index (χ0n) is 13.6. The fraction of sp³-hybridized carbons (Fsp3) is 0.111. The minimum Gasteiger partial charge on any atom is -0.318 e. The predicted octanol–water partition coefficient (Wildman–Crippen LogP) is 2.73. The summed E-state index contributed by atoms with van der Waals surface area (Å²) in [5.41, 5.74) is 1.58. The molecule has 0 aliphatic carbocycles. The molecular formula is C18H12BrN3O3S. The molecule has 4 rings (SSSR count). The number of aryl methyl sites for hydroxylation is 1. The molecule has 0 unspecified atom stereocenters. The number of thiazole rings is 1. The quantitative estimate of drug-likeness (QED) is 0.587. The molecule has 6 nitrogen and oxygen atoms in total. The van der Waals surface area contributed by atoms with Crippen molar-refractivity contribution >= 4 is 55.2 Å². The number of rotatable bonds is 2. The van der Waals surface area contributed by atoms with E-state index in [1.165, 1.54) is 11.3 Å². The van der Waals surface area contributed by atoms with Gasteiger partial charge in [-0.15, -0.1) is 0 Å². The number of carbonyl (C=O) groups is 3. The lowest BCUT2D eigenvalue weighted by atomic mass is 10.1. The summed E-state index contributed by atoms with van der Waals surface area (Å²) in [6.07, 6.45) is 0. The third-order valence-electron chi connectivity index (χ3n) is 4.17. The molecule has 0 fully saturated rings. The number of halogens is 1. The SMILES string of the molecule is Cn1c(=NC(=O)CN2C(=O)c3ccccc3C2=O)sc2cccc(Br)c21. The second-order valence-corrected chi connectivity index (χ2v) is 7.64. The molecular weight excluding hydrogens is 418 g/mol. The second-order valence-electron chi connectivity index (χ2n) is 5.78. The van der Waals surface area contributed by atoms with Gasteiger partial charge in [0.25, 0.3) is 17.7 Å². The summed E-state index contributed by atoms with van der Waals surface area (Å²) >= 11 is 4.86. The molecule has 8 heteroatoms. The third-order valence-corrected chi connectivity index (χ3v) is 5.90. The van der Waals surface area contributed by atoms with Crippen LogP contribution >= 0.6 is 27.3 Å². The van der Waals surface area contributed by atoms with Crippen molar-refractivity contribution in [3.8, 4) is 0 Å². The van der Waals surface area contributed by atoms with Crippen LogP contribution in [0.25, 0.3) is 10.2 Å². The number of amides is 3.